The zero-order valence-electron chi connectivity index (χ0n) is 14.8. The molecule has 0 aromatic carbocycles. The van der Waals surface area contributed by atoms with Gasteiger partial charge in [0, 0.05) is 25.2 Å². The molecule has 0 saturated carbocycles. The minimum Gasteiger partial charge on any atom is -0.468 e. The summed E-state index contributed by atoms with van der Waals surface area (Å²) in [7, 11) is 0. The van der Waals surface area contributed by atoms with Crippen LogP contribution in [0.4, 0.5) is 0 Å². The van der Waals surface area contributed by atoms with E-state index in [1.807, 2.05) is 6.07 Å². The molecule has 4 heterocycles. The van der Waals surface area contributed by atoms with Gasteiger partial charge in [-0.15, -0.1) is 0 Å². The fourth-order valence-corrected chi connectivity index (χ4v) is 5.73. The standard InChI is InChI=1S/C20H32N2O2/c23-12-2-1-9-19-18-8-4-11-21-10-3-6-16(20(18)21)14-22(19)15-17-7-5-13-24-17/h5,7,13,16,18-20,23H,1-4,6,8-12,14-15H2/t16-,18-,19-,20+/m1/s1. The van der Waals surface area contributed by atoms with Gasteiger partial charge in [0.15, 0.2) is 0 Å². The molecule has 4 rings (SSSR count). The van der Waals surface area contributed by atoms with Crippen LogP contribution in [0.5, 0.6) is 0 Å². The Morgan fingerprint density at radius 1 is 1.17 bits per heavy atom. The third-order valence-electron chi connectivity index (χ3n) is 6.63. The van der Waals surface area contributed by atoms with Crippen LogP contribution in [0.3, 0.4) is 0 Å². The highest BCUT2D eigenvalue weighted by molar-refractivity contribution is 5.05. The molecule has 24 heavy (non-hydrogen) atoms. The van der Waals surface area contributed by atoms with Crippen molar-refractivity contribution < 1.29 is 9.52 Å². The van der Waals surface area contributed by atoms with Crippen molar-refractivity contribution in [3.63, 3.8) is 0 Å². The summed E-state index contributed by atoms with van der Waals surface area (Å²) in [6, 6.07) is 5.60. The molecule has 4 atom stereocenters. The molecule has 0 unspecified atom stereocenters. The van der Waals surface area contributed by atoms with Crippen LogP contribution in [0, 0.1) is 11.8 Å². The lowest BCUT2D eigenvalue weighted by Crippen LogP contribution is -2.64. The van der Waals surface area contributed by atoms with Crippen LogP contribution in [-0.4, -0.2) is 53.2 Å². The van der Waals surface area contributed by atoms with Crippen molar-refractivity contribution in [3.05, 3.63) is 24.2 Å². The predicted octanol–water partition coefficient (Wildman–Crippen LogP) is 3.12. The first kappa shape index (κ1) is 16.6. The lowest BCUT2D eigenvalue weighted by Gasteiger charge is -2.57. The van der Waals surface area contributed by atoms with Crippen molar-refractivity contribution in [1.82, 2.24) is 9.80 Å². The second-order valence-corrected chi connectivity index (χ2v) is 8.03. The number of furan rings is 1. The van der Waals surface area contributed by atoms with Crippen molar-refractivity contribution in [2.24, 2.45) is 11.8 Å². The van der Waals surface area contributed by atoms with E-state index in [2.05, 4.69) is 15.9 Å². The Hall–Kier alpha value is -0.840. The van der Waals surface area contributed by atoms with Crippen LogP contribution >= 0.6 is 0 Å². The summed E-state index contributed by atoms with van der Waals surface area (Å²) in [5, 5.41) is 9.20. The van der Waals surface area contributed by atoms with Gasteiger partial charge in [-0.25, -0.2) is 0 Å². The number of hydrogen-bond donors (Lipinski definition) is 1. The van der Waals surface area contributed by atoms with Crippen LogP contribution in [0.15, 0.2) is 22.8 Å². The maximum Gasteiger partial charge on any atom is 0.117 e. The molecule has 1 N–H and O–H groups in total. The number of likely N-dealkylation sites (tertiary alicyclic amines) is 1. The second-order valence-electron chi connectivity index (χ2n) is 8.03. The van der Waals surface area contributed by atoms with E-state index in [-0.39, 0.29) is 0 Å². The largest absolute Gasteiger partial charge is 0.468 e. The summed E-state index contributed by atoms with van der Waals surface area (Å²) in [5.41, 5.74) is 0. The number of nitrogens with zero attached hydrogens (tertiary/aromatic N) is 2. The highest BCUT2D eigenvalue weighted by Gasteiger charge is 2.48. The third kappa shape index (κ3) is 3.29. The summed E-state index contributed by atoms with van der Waals surface area (Å²) in [5.74, 6) is 2.75. The first-order valence-electron chi connectivity index (χ1n) is 9.98. The zero-order chi connectivity index (χ0) is 16.4. The van der Waals surface area contributed by atoms with E-state index < -0.39 is 0 Å². The van der Waals surface area contributed by atoms with Crippen molar-refractivity contribution in [2.45, 2.75) is 63.6 Å². The van der Waals surface area contributed by atoms with Gasteiger partial charge in [-0.2, -0.15) is 0 Å². The fraction of sp³-hybridized carbons (Fsp3) is 0.800. The molecule has 3 saturated heterocycles. The molecule has 0 bridgehead atoms. The molecule has 4 nitrogen and oxygen atoms in total. The molecule has 134 valence electrons. The Labute approximate surface area is 145 Å². The fourth-order valence-electron chi connectivity index (χ4n) is 5.73. The summed E-state index contributed by atoms with van der Waals surface area (Å²) < 4.78 is 5.66. The molecule has 0 amide bonds. The van der Waals surface area contributed by atoms with E-state index >= 15 is 0 Å². The summed E-state index contributed by atoms with van der Waals surface area (Å²) in [4.78, 5) is 5.53. The maximum absolute atomic E-state index is 9.20. The third-order valence-corrected chi connectivity index (χ3v) is 6.63. The van der Waals surface area contributed by atoms with Crippen molar-refractivity contribution in [1.29, 1.82) is 0 Å². The molecular weight excluding hydrogens is 300 g/mol. The molecule has 0 aliphatic carbocycles. The minimum atomic E-state index is 0.327. The minimum absolute atomic E-state index is 0.327. The molecule has 1 aromatic rings. The first-order valence-corrected chi connectivity index (χ1v) is 9.98. The molecular formula is C20H32N2O2. The van der Waals surface area contributed by atoms with E-state index in [1.165, 1.54) is 51.7 Å². The summed E-state index contributed by atoms with van der Waals surface area (Å²) in [6.45, 7) is 5.14. The van der Waals surface area contributed by atoms with E-state index in [4.69, 9.17) is 4.42 Å². The first-order chi connectivity index (χ1) is 11.9. The van der Waals surface area contributed by atoms with Crippen molar-refractivity contribution >= 4 is 0 Å². The van der Waals surface area contributed by atoms with Crippen molar-refractivity contribution in [3.8, 4) is 0 Å². The summed E-state index contributed by atoms with van der Waals surface area (Å²) >= 11 is 0. The highest BCUT2D eigenvalue weighted by atomic mass is 16.3. The van der Waals surface area contributed by atoms with Gasteiger partial charge in [0.2, 0.25) is 0 Å². The van der Waals surface area contributed by atoms with Crippen molar-refractivity contribution in [2.75, 3.05) is 26.2 Å². The lowest BCUT2D eigenvalue weighted by molar-refractivity contribution is -0.0827. The van der Waals surface area contributed by atoms with E-state index in [0.29, 0.717) is 12.6 Å². The van der Waals surface area contributed by atoms with E-state index in [9.17, 15) is 5.11 Å². The topological polar surface area (TPSA) is 39.9 Å². The van der Waals surface area contributed by atoms with Crippen LogP contribution in [0.1, 0.15) is 50.7 Å². The van der Waals surface area contributed by atoms with Gasteiger partial charge in [0.05, 0.1) is 12.8 Å². The monoisotopic (exact) mass is 332 g/mol. The maximum atomic E-state index is 9.20. The number of aliphatic hydroxyl groups excluding tert-OH is 1. The lowest BCUT2D eigenvalue weighted by atomic mass is 9.69. The summed E-state index contributed by atoms with van der Waals surface area (Å²) in [6.07, 6.45) is 10.6. The van der Waals surface area contributed by atoms with Gasteiger partial charge < -0.3 is 9.52 Å². The Morgan fingerprint density at radius 2 is 2.04 bits per heavy atom. The van der Waals surface area contributed by atoms with Gasteiger partial charge in [-0.1, -0.05) is 0 Å². The quantitative estimate of drug-likeness (QED) is 0.813. The zero-order valence-corrected chi connectivity index (χ0v) is 14.8. The van der Waals surface area contributed by atoms with Gasteiger partial charge in [0.25, 0.3) is 0 Å². The van der Waals surface area contributed by atoms with Gasteiger partial charge in [-0.3, -0.25) is 9.80 Å². The molecule has 1 aromatic heterocycles. The Bertz CT molecular complexity index is 502. The van der Waals surface area contributed by atoms with Gasteiger partial charge >= 0.3 is 0 Å². The second kappa shape index (κ2) is 7.59. The average molecular weight is 332 g/mol. The van der Waals surface area contributed by atoms with E-state index in [0.717, 1.165) is 43.0 Å². The van der Waals surface area contributed by atoms with Gasteiger partial charge in [0.1, 0.15) is 5.76 Å². The predicted molar refractivity (Wildman–Crippen MR) is 94.7 cm³/mol. The molecule has 0 radical (unpaired) electrons. The Morgan fingerprint density at radius 3 is 2.83 bits per heavy atom. The van der Waals surface area contributed by atoms with Crippen LogP contribution < -0.4 is 0 Å². The number of hydrogen-bond acceptors (Lipinski definition) is 4. The van der Waals surface area contributed by atoms with Crippen LogP contribution in [-0.2, 0) is 6.54 Å². The number of rotatable bonds is 6. The molecule has 3 aliphatic rings. The van der Waals surface area contributed by atoms with Gasteiger partial charge in [-0.05, 0) is 82.0 Å². The smallest absolute Gasteiger partial charge is 0.117 e. The SMILES string of the molecule is OCCCC[C@@H]1[C@H]2CCCN3CCC[C@H](CN1Cc1ccco1)[C@@H]23. The molecule has 3 fully saturated rings. The Balaban J connectivity index is 1.54. The highest BCUT2D eigenvalue weighted by Crippen LogP contribution is 2.43. The normalized spacial score (nSPS) is 34.2. The Kier molecular flexibility index (Phi) is 5.25. The number of piperidine rings is 3. The molecule has 4 heteroatoms. The van der Waals surface area contributed by atoms with E-state index in [1.54, 1.807) is 6.26 Å². The van der Waals surface area contributed by atoms with Crippen LogP contribution in [0.25, 0.3) is 0 Å². The number of aliphatic hydroxyl groups is 1. The number of unbranched alkanes of at least 4 members (excludes halogenated alkanes) is 1. The average Bonchev–Trinajstić information content (AvgIpc) is 3.11. The van der Waals surface area contributed by atoms with Crippen LogP contribution in [0.2, 0.25) is 0 Å². The molecule has 3 aliphatic heterocycles. The molecule has 0 spiro atoms.